The molecule has 1 heterocycles. The van der Waals surface area contributed by atoms with Gasteiger partial charge in [0.15, 0.2) is 12.2 Å². The molecule has 5 atom stereocenters. The zero-order valence-corrected chi connectivity index (χ0v) is 27.3. The van der Waals surface area contributed by atoms with Crippen LogP contribution < -0.4 is 4.74 Å². The van der Waals surface area contributed by atoms with Crippen LogP contribution in [0, 0.1) is 15.5 Å². The maximum Gasteiger partial charge on any atom is 0.514 e. The summed E-state index contributed by atoms with van der Waals surface area (Å²) in [6, 6.07) is 19.5. The number of nitrogens with one attached hydrogen (secondary N) is 1. The Morgan fingerprint density at radius 3 is 1.82 bits per heavy atom. The molecule has 1 N–H and O–H groups in total. The van der Waals surface area contributed by atoms with Gasteiger partial charge in [0.1, 0.15) is 18.5 Å². The molecule has 1 aliphatic rings. The fourth-order valence-corrected chi connectivity index (χ4v) is 4.42. The first-order valence-corrected chi connectivity index (χ1v) is 15.1. The Labute approximate surface area is 292 Å². The monoisotopic (exact) mass is 738 g/mol. The first-order valence-electron chi connectivity index (χ1n) is 14.0. The summed E-state index contributed by atoms with van der Waals surface area (Å²) >= 11 is 17.5. The first kappa shape index (κ1) is 36.9. The Morgan fingerprint density at radius 2 is 1.33 bits per heavy atom. The molecule has 15 nitrogen and oxygen atoms in total. The average Bonchev–Trinajstić information content (AvgIpc) is 3.06. The molecule has 18 heteroatoms. The largest absolute Gasteiger partial charge is 0.514 e. The number of esters is 3. The van der Waals surface area contributed by atoms with Gasteiger partial charge in [-0.3, -0.25) is 20.3 Å². The van der Waals surface area contributed by atoms with E-state index < -0.39 is 76.0 Å². The molecule has 258 valence electrons. The van der Waals surface area contributed by atoms with Crippen molar-refractivity contribution in [1.82, 2.24) is 0 Å². The van der Waals surface area contributed by atoms with Gasteiger partial charge in [-0.05, 0) is 36.4 Å². The number of nitrogens with zero attached hydrogens (tertiary/aromatic N) is 1. The molecule has 4 rings (SSSR count). The third-order valence-electron chi connectivity index (χ3n) is 6.52. The fraction of sp³-hybridized carbons (Fsp3) is 0.258. The lowest BCUT2D eigenvalue weighted by molar-refractivity contribution is -0.384. The standard InChI is InChI=1S/C31H25Cl3N2O13/c1-17(37)43-16-22-23(46-26(38)18-8-4-2-5-9-18)24(48-30(40)44-21-14-12-20(13-15-21)36(41)42)25(28(45-22)49-29(35)31(32,33)34)47-27(39)19-10-6-3-7-11-19/h2-15,22-25,28,35H,16H2,1H3/t22-,23-,24+,25+,28-/m1/s1. The van der Waals surface area contributed by atoms with Crippen LogP contribution in [0.4, 0.5) is 10.5 Å². The maximum absolute atomic E-state index is 13.3. The van der Waals surface area contributed by atoms with Crippen LogP contribution in [0.15, 0.2) is 84.9 Å². The van der Waals surface area contributed by atoms with Crippen molar-refractivity contribution in [2.45, 2.75) is 41.4 Å². The van der Waals surface area contributed by atoms with Crippen molar-refractivity contribution < 1.29 is 57.3 Å². The predicted molar refractivity (Wildman–Crippen MR) is 170 cm³/mol. The van der Waals surface area contributed by atoms with E-state index in [1.165, 1.54) is 36.4 Å². The Kier molecular flexibility index (Phi) is 12.4. The molecule has 0 saturated carbocycles. The van der Waals surface area contributed by atoms with E-state index in [1.54, 1.807) is 24.3 Å². The van der Waals surface area contributed by atoms with Gasteiger partial charge in [-0.15, -0.1) is 0 Å². The minimum Gasteiger partial charge on any atom is -0.463 e. The first-order chi connectivity index (χ1) is 23.2. The number of carbonyl (C=O) groups excluding carboxylic acids is 4. The van der Waals surface area contributed by atoms with Crippen molar-refractivity contribution in [1.29, 1.82) is 5.41 Å². The Hall–Kier alpha value is -4.96. The van der Waals surface area contributed by atoms with Crippen LogP contribution in [0.1, 0.15) is 27.6 Å². The number of nitro groups is 1. The topological polar surface area (TPSA) is 200 Å². The smallest absolute Gasteiger partial charge is 0.463 e. The normalized spacial score (nSPS) is 20.2. The zero-order valence-electron chi connectivity index (χ0n) is 25.1. The summed E-state index contributed by atoms with van der Waals surface area (Å²) < 4.78 is 36.2. The lowest BCUT2D eigenvalue weighted by atomic mass is 9.98. The van der Waals surface area contributed by atoms with Crippen molar-refractivity contribution in [3.8, 4) is 5.75 Å². The molecule has 1 saturated heterocycles. The Bertz CT molecular complexity index is 1670. The molecular formula is C31H25Cl3N2O13. The lowest BCUT2D eigenvalue weighted by Gasteiger charge is -2.44. The molecule has 3 aromatic rings. The van der Waals surface area contributed by atoms with E-state index in [9.17, 15) is 29.3 Å². The molecule has 1 aliphatic heterocycles. The molecule has 49 heavy (non-hydrogen) atoms. The third-order valence-corrected chi connectivity index (χ3v) is 7.03. The van der Waals surface area contributed by atoms with Crippen molar-refractivity contribution >= 4 is 70.5 Å². The highest BCUT2D eigenvalue weighted by atomic mass is 35.6. The second-order valence-corrected chi connectivity index (χ2v) is 12.2. The summed E-state index contributed by atoms with van der Waals surface area (Å²) in [5.41, 5.74) is -0.226. The minimum atomic E-state index is -2.45. The summed E-state index contributed by atoms with van der Waals surface area (Å²) in [6.07, 6.45) is -10.4. The summed E-state index contributed by atoms with van der Waals surface area (Å²) in [5, 5.41) is 19.2. The molecule has 1 fully saturated rings. The van der Waals surface area contributed by atoms with E-state index in [-0.39, 0.29) is 22.6 Å². The van der Waals surface area contributed by atoms with Crippen LogP contribution in [-0.2, 0) is 33.2 Å². The van der Waals surface area contributed by atoms with E-state index >= 15 is 0 Å². The Morgan fingerprint density at radius 1 is 0.796 bits per heavy atom. The van der Waals surface area contributed by atoms with E-state index in [4.69, 9.17) is 73.4 Å². The van der Waals surface area contributed by atoms with E-state index in [0.717, 1.165) is 31.2 Å². The van der Waals surface area contributed by atoms with Gasteiger partial charge in [0.25, 0.3) is 9.48 Å². The van der Waals surface area contributed by atoms with Gasteiger partial charge < -0.3 is 33.2 Å². The van der Waals surface area contributed by atoms with Crippen LogP contribution in [0.3, 0.4) is 0 Å². The van der Waals surface area contributed by atoms with Gasteiger partial charge in [0.2, 0.25) is 18.3 Å². The number of hydrogen-bond acceptors (Lipinski definition) is 14. The van der Waals surface area contributed by atoms with Crippen molar-refractivity contribution in [3.63, 3.8) is 0 Å². The van der Waals surface area contributed by atoms with Crippen molar-refractivity contribution in [2.75, 3.05) is 6.61 Å². The third kappa shape index (κ3) is 10.3. The van der Waals surface area contributed by atoms with E-state index in [2.05, 4.69) is 0 Å². The quantitative estimate of drug-likeness (QED) is 0.0395. The average molecular weight is 740 g/mol. The molecule has 0 aromatic heterocycles. The van der Waals surface area contributed by atoms with E-state index in [1.807, 2.05) is 0 Å². The van der Waals surface area contributed by atoms with Crippen LogP contribution in [0.2, 0.25) is 0 Å². The van der Waals surface area contributed by atoms with Crippen molar-refractivity contribution in [2.24, 2.45) is 0 Å². The Balaban J connectivity index is 1.77. The van der Waals surface area contributed by atoms with Gasteiger partial charge in [-0.25, -0.2) is 14.4 Å². The number of carbonyl (C=O) groups is 4. The summed E-state index contributed by atoms with van der Waals surface area (Å²) in [4.78, 5) is 62.0. The van der Waals surface area contributed by atoms with Gasteiger partial charge in [-0.2, -0.15) is 0 Å². The summed E-state index contributed by atoms with van der Waals surface area (Å²) in [6.45, 7) is 0.444. The number of ether oxygens (including phenoxy) is 7. The van der Waals surface area contributed by atoms with E-state index in [0.29, 0.717) is 0 Å². The fourth-order valence-electron chi connectivity index (χ4n) is 4.29. The molecule has 0 spiro atoms. The summed E-state index contributed by atoms with van der Waals surface area (Å²) in [7, 11) is 0. The molecule has 0 unspecified atom stereocenters. The second-order valence-electron chi connectivity index (χ2n) is 9.95. The van der Waals surface area contributed by atoms with Gasteiger partial charge in [0.05, 0.1) is 16.1 Å². The number of nitro benzene ring substituents is 1. The second kappa shape index (κ2) is 16.4. The lowest BCUT2D eigenvalue weighted by Crippen LogP contribution is -2.63. The van der Waals surface area contributed by atoms with Crippen LogP contribution >= 0.6 is 34.8 Å². The van der Waals surface area contributed by atoms with Crippen molar-refractivity contribution in [3.05, 3.63) is 106 Å². The number of non-ortho nitro benzene ring substituents is 1. The summed E-state index contributed by atoms with van der Waals surface area (Å²) in [5.74, 6) is -3.95. The number of alkyl halides is 3. The highest BCUT2D eigenvalue weighted by Gasteiger charge is 2.55. The molecular weight excluding hydrogens is 715 g/mol. The van der Waals surface area contributed by atoms with Crippen LogP contribution in [0.5, 0.6) is 5.75 Å². The zero-order chi connectivity index (χ0) is 35.7. The molecule has 3 aromatic carbocycles. The number of benzene rings is 3. The predicted octanol–water partition coefficient (Wildman–Crippen LogP) is 5.58. The maximum atomic E-state index is 13.3. The van der Waals surface area contributed by atoms with Gasteiger partial charge >= 0.3 is 24.1 Å². The number of rotatable bonds is 10. The number of hydrogen-bond donors (Lipinski definition) is 1. The number of halogens is 3. The van der Waals surface area contributed by atoms with Gasteiger partial charge in [-0.1, -0.05) is 71.2 Å². The molecule has 0 bridgehead atoms. The van der Waals surface area contributed by atoms with Crippen LogP contribution in [-0.4, -0.2) is 76.0 Å². The van der Waals surface area contributed by atoms with Gasteiger partial charge in [0, 0.05) is 19.1 Å². The minimum absolute atomic E-state index is 0.0183. The molecule has 0 aliphatic carbocycles. The van der Waals surface area contributed by atoms with Crippen LogP contribution in [0.25, 0.3) is 0 Å². The SMILES string of the molecule is CC(=O)OC[C@H]1O[C@H](OC(=N)C(Cl)(Cl)Cl)[C@@H](OC(=O)c2ccccc2)[C@@H](OC(=O)Oc2ccc([N+](=O)[O-])cc2)[C@@H]1OC(=O)c1ccccc1. The molecule has 0 amide bonds. The highest BCUT2D eigenvalue weighted by Crippen LogP contribution is 2.34. The molecule has 0 radical (unpaired) electrons. The highest BCUT2D eigenvalue weighted by molar-refractivity contribution is 6.76.